The summed E-state index contributed by atoms with van der Waals surface area (Å²) in [5.41, 5.74) is 1.82. The van der Waals surface area contributed by atoms with Crippen molar-refractivity contribution < 1.29 is 19.0 Å². The van der Waals surface area contributed by atoms with Crippen molar-refractivity contribution >= 4 is 16.9 Å². The number of hydrogen-bond acceptors (Lipinski definition) is 6. The third kappa shape index (κ3) is 3.53. The zero-order valence-electron chi connectivity index (χ0n) is 15.6. The lowest BCUT2D eigenvalue weighted by atomic mass is 10.2. The first-order chi connectivity index (χ1) is 13.4. The Morgan fingerprint density at radius 3 is 2.86 bits per heavy atom. The number of carbonyl (C=O) groups excluding carboxylic acids is 1. The number of aryl methyl sites for hydroxylation is 1. The molecule has 28 heavy (non-hydrogen) atoms. The van der Waals surface area contributed by atoms with E-state index >= 15 is 0 Å². The standard InChI is InChI=1S/C19H20FN5O3/c1-11-5-14-15(21-7-11)16(17(26)23-10-19(27)3-4-19)24-25(14)9-12-6-13(20)8-22-18(12)28-2/h5-8,27H,3-4,9-10H2,1-2H3,(H,23,26). The number of aliphatic hydroxyl groups is 1. The van der Waals surface area contributed by atoms with Crippen LogP contribution in [0.2, 0.25) is 0 Å². The van der Waals surface area contributed by atoms with E-state index in [-0.39, 0.29) is 24.7 Å². The fraction of sp³-hybridized carbons (Fsp3) is 0.368. The maximum Gasteiger partial charge on any atom is 0.274 e. The smallest absolute Gasteiger partial charge is 0.274 e. The van der Waals surface area contributed by atoms with Crippen LogP contribution in [0.3, 0.4) is 0 Å². The minimum atomic E-state index is -0.807. The molecule has 3 heterocycles. The summed E-state index contributed by atoms with van der Waals surface area (Å²) in [7, 11) is 1.46. The Morgan fingerprint density at radius 2 is 2.14 bits per heavy atom. The van der Waals surface area contributed by atoms with Crippen LogP contribution in [-0.2, 0) is 6.54 Å². The Morgan fingerprint density at radius 1 is 1.36 bits per heavy atom. The lowest BCUT2D eigenvalue weighted by Crippen LogP contribution is -2.33. The van der Waals surface area contributed by atoms with Crippen LogP contribution >= 0.6 is 0 Å². The minimum absolute atomic E-state index is 0.155. The van der Waals surface area contributed by atoms with E-state index in [0.29, 0.717) is 29.4 Å². The normalized spacial score (nSPS) is 14.9. The van der Waals surface area contributed by atoms with Gasteiger partial charge in [-0.05, 0) is 37.5 Å². The highest BCUT2D eigenvalue weighted by Crippen LogP contribution is 2.34. The molecule has 4 rings (SSSR count). The fourth-order valence-corrected chi connectivity index (χ4v) is 3.01. The van der Waals surface area contributed by atoms with Gasteiger partial charge in [0.15, 0.2) is 5.69 Å². The first kappa shape index (κ1) is 18.3. The molecule has 0 aromatic carbocycles. The van der Waals surface area contributed by atoms with Gasteiger partial charge in [-0.25, -0.2) is 9.37 Å². The Hall–Kier alpha value is -3.07. The maximum atomic E-state index is 13.7. The molecular weight excluding hydrogens is 365 g/mol. The zero-order valence-corrected chi connectivity index (χ0v) is 15.6. The van der Waals surface area contributed by atoms with Crippen molar-refractivity contribution in [3.05, 3.63) is 47.2 Å². The molecule has 2 N–H and O–H groups in total. The number of hydrogen-bond donors (Lipinski definition) is 2. The number of nitrogens with one attached hydrogen (secondary N) is 1. The van der Waals surface area contributed by atoms with Crippen LogP contribution < -0.4 is 10.1 Å². The Kier molecular flexibility index (Phi) is 4.46. The maximum absolute atomic E-state index is 13.7. The zero-order chi connectivity index (χ0) is 19.9. The summed E-state index contributed by atoms with van der Waals surface area (Å²) in [4.78, 5) is 20.9. The van der Waals surface area contributed by atoms with Crippen LogP contribution in [0, 0.1) is 12.7 Å². The van der Waals surface area contributed by atoms with E-state index in [1.54, 1.807) is 10.9 Å². The summed E-state index contributed by atoms with van der Waals surface area (Å²) in [6.45, 7) is 2.22. The SMILES string of the molecule is COc1ncc(F)cc1Cn1nc(C(=O)NCC2(O)CC2)c2ncc(C)cc21. The van der Waals surface area contributed by atoms with Crippen LogP contribution in [0.1, 0.15) is 34.5 Å². The summed E-state index contributed by atoms with van der Waals surface area (Å²) in [5.74, 6) is -0.616. The molecule has 1 amide bonds. The van der Waals surface area contributed by atoms with Crippen molar-refractivity contribution in [1.29, 1.82) is 0 Å². The molecule has 9 heteroatoms. The summed E-state index contributed by atoms with van der Waals surface area (Å²) < 4.78 is 20.5. The number of fused-ring (bicyclic) bond motifs is 1. The number of rotatable bonds is 6. The number of ether oxygens (including phenoxy) is 1. The molecule has 3 aromatic heterocycles. The molecule has 1 aliphatic carbocycles. The van der Waals surface area contributed by atoms with Crippen molar-refractivity contribution in [3.63, 3.8) is 0 Å². The molecule has 0 atom stereocenters. The molecular formula is C19H20FN5O3. The summed E-state index contributed by atoms with van der Waals surface area (Å²) in [5, 5.41) is 17.1. The molecule has 146 valence electrons. The van der Waals surface area contributed by atoms with Gasteiger partial charge >= 0.3 is 0 Å². The summed E-state index contributed by atoms with van der Waals surface area (Å²) >= 11 is 0. The van der Waals surface area contributed by atoms with Gasteiger partial charge in [0.2, 0.25) is 5.88 Å². The number of halogens is 1. The van der Waals surface area contributed by atoms with Gasteiger partial charge in [0.05, 0.1) is 31.0 Å². The first-order valence-corrected chi connectivity index (χ1v) is 8.91. The molecule has 3 aromatic rings. The Bertz CT molecular complexity index is 1060. The van der Waals surface area contributed by atoms with Crippen molar-refractivity contribution in [1.82, 2.24) is 25.1 Å². The second-order valence-corrected chi connectivity index (χ2v) is 7.12. The number of aromatic nitrogens is 4. The van der Waals surface area contributed by atoms with Crippen molar-refractivity contribution in [3.8, 4) is 5.88 Å². The van der Waals surface area contributed by atoms with Crippen LogP contribution in [-0.4, -0.2) is 50.0 Å². The average molecular weight is 385 g/mol. The second kappa shape index (κ2) is 6.83. The molecule has 0 radical (unpaired) electrons. The topological polar surface area (TPSA) is 102 Å². The van der Waals surface area contributed by atoms with E-state index in [2.05, 4.69) is 20.4 Å². The highest BCUT2D eigenvalue weighted by molar-refractivity contribution is 6.03. The predicted octanol–water partition coefficient (Wildman–Crippen LogP) is 1.59. The quantitative estimate of drug-likeness (QED) is 0.668. The van der Waals surface area contributed by atoms with Gasteiger partial charge in [0.25, 0.3) is 5.91 Å². The average Bonchev–Trinajstić information content (AvgIpc) is 3.31. The first-order valence-electron chi connectivity index (χ1n) is 8.91. The van der Waals surface area contributed by atoms with Gasteiger partial charge in [-0.3, -0.25) is 14.5 Å². The number of amides is 1. The van der Waals surface area contributed by atoms with Crippen molar-refractivity contribution in [2.24, 2.45) is 0 Å². The highest BCUT2D eigenvalue weighted by Gasteiger charge is 2.40. The monoisotopic (exact) mass is 385 g/mol. The second-order valence-electron chi connectivity index (χ2n) is 7.12. The van der Waals surface area contributed by atoms with E-state index in [1.165, 1.54) is 13.2 Å². The predicted molar refractivity (Wildman–Crippen MR) is 98.6 cm³/mol. The van der Waals surface area contributed by atoms with E-state index in [0.717, 1.165) is 11.8 Å². The number of pyridine rings is 2. The Balaban J connectivity index is 1.71. The van der Waals surface area contributed by atoms with E-state index in [4.69, 9.17) is 4.74 Å². The van der Waals surface area contributed by atoms with Crippen LogP contribution in [0.25, 0.3) is 11.0 Å². The molecule has 0 unspecified atom stereocenters. The number of carbonyl (C=O) groups is 1. The lowest BCUT2D eigenvalue weighted by molar-refractivity contribution is 0.0892. The van der Waals surface area contributed by atoms with E-state index in [1.807, 2.05) is 13.0 Å². The molecule has 1 fully saturated rings. The number of methoxy groups -OCH3 is 1. The molecule has 0 bridgehead atoms. The van der Waals surface area contributed by atoms with Crippen molar-refractivity contribution in [2.75, 3.05) is 13.7 Å². The van der Waals surface area contributed by atoms with Crippen LogP contribution in [0.4, 0.5) is 4.39 Å². The minimum Gasteiger partial charge on any atom is -0.481 e. The van der Waals surface area contributed by atoms with Crippen molar-refractivity contribution in [2.45, 2.75) is 31.9 Å². The lowest BCUT2D eigenvalue weighted by Gasteiger charge is -2.09. The molecule has 1 aliphatic rings. The summed E-state index contributed by atoms with van der Waals surface area (Å²) in [6, 6.07) is 3.19. The van der Waals surface area contributed by atoms with Gasteiger partial charge < -0.3 is 15.2 Å². The molecule has 0 aliphatic heterocycles. The molecule has 0 saturated heterocycles. The summed E-state index contributed by atoms with van der Waals surface area (Å²) in [6.07, 6.45) is 4.08. The van der Waals surface area contributed by atoms with E-state index in [9.17, 15) is 14.3 Å². The van der Waals surface area contributed by atoms with Crippen LogP contribution in [0.5, 0.6) is 5.88 Å². The Labute approximate surface area is 160 Å². The third-order valence-electron chi connectivity index (χ3n) is 4.75. The van der Waals surface area contributed by atoms with Crippen LogP contribution in [0.15, 0.2) is 24.5 Å². The largest absolute Gasteiger partial charge is 0.481 e. The van der Waals surface area contributed by atoms with Gasteiger partial charge in [-0.15, -0.1) is 0 Å². The van der Waals surface area contributed by atoms with E-state index < -0.39 is 17.3 Å². The number of nitrogens with zero attached hydrogens (tertiary/aromatic N) is 4. The molecule has 1 saturated carbocycles. The third-order valence-corrected chi connectivity index (χ3v) is 4.75. The molecule has 8 nitrogen and oxygen atoms in total. The highest BCUT2D eigenvalue weighted by atomic mass is 19.1. The van der Waals surface area contributed by atoms with Gasteiger partial charge in [0.1, 0.15) is 11.3 Å². The molecule has 0 spiro atoms. The fourth-order valence-electron chi connectivity index (χ4n) is 3.01. The van der Waals surface area contributed by atoms with Gasteiger partial charge in [-0.1, -0.05) is 0 Å². The van der Waals surface area contributed by atoms with Gasteiger partial charge in [0, 0.05) is 18.3 Å². The van der Waals surface area contributed by atoms with Gasteiger partial charge in [-0.2, -0.15) is 5.10 Å².